The van der Waals surface area contributed by atoms with Crippen LogP contribution in [0.15, 0.2) is 96.0 Å². The second-order valence-electron chi connectivity index (χ2n) is 13.0. The van der Waals surface area contributed by atoms with Gasteiger partial charge in [0.2, 0.25) is 0 Å². The Bertz CT molecular complexity index is 1600. The summed E-state index contributed by atoms with van der Waals surface area (Å²) in [7, 11) is 0. The average molecular weight is 661 g/mol. The number of rotatable bonds is 19. The SMILES string of the molecule is CCCCCCCCN1COc2ccc(N=Cc3ccc(OC(=O)c4ccc(-c5ccc(OCCCCCCC)cc5)cc4)cc3)cc2C1. The second kappa shape index (κ2) is 19.5. The molecule has 0 unspecified atom stereocenters. The first-order valence-electron chi connectivity index (χ1n) is 18.3. The highest BCUT2D eigenvalue weighted by atomic mass is 16.5. The van der Waals surface area contributed by atoms with Crippen molar-refractivity contribution in [3.8, 4) is 28.4 Å². The van der Waals surface area contributed by atoms with Gasteiger partial charge in [0, 0.05) is 24.9 Å². The molecule has 0 saturated heterocycles. The number of carbonyl (C=O) groups excluding carboxylic acids is 1. The van der Waals surface area contributed by atoms with Crippen LogP contribution in [-0.2, 0) is 6.54 Å². The van der Waals surface area contributed by atoms with Crippen molar-refractivity contribution in [3.63, 3.8) is 0 Å². The molecular weight excluding hydrogens is 608 g/mol. The summed E-state index contributed by atoms with van der Waals surface area (Å²) in [6.45, 7) is 7.83. The van der Waals surface area contributed by atoms with E-state index in [2.05, 4.69) is 36.9 Å². The number of aliphatic imine (C=N–C) groups is 1. The van der Waals surface area contributed by atoms with Crippen LogP contribution in [0.25, 0.3) is 11.1 Å². The Morgan fingerprint density at radius 2 is 1.37 bits per heavy atom. The largest absolute Gasteiger partial charge is 0.494 e. The summed E-state index contributed by atoms with van der Waals surface area (Å²) in [4.78, 5) is 19.9. The van der Waals surface area contributed by atoms with E-state index in [1.54, 1.807) is 24.3 Å². The molecule has 49 heavy (non-hydrogen) atoms. The number of esters is 1. The highest BCUT2D eigenvalue weighted by Crippen LogP contribution is 2.29. The van der Waals surface area contributed by atoms with E-state index in [0.717, 1.165) is 60.0 Å². The Morgan fingerprint density at radius 1 is 0.735 bits per heavy atom. The number of ether oxygens (including phenoxy) is 3. The smallest absolute Gasteiger partial charge is 0.343 e. The van der Waals surface area contributed by atoms with E-state index >= 15 is 0 Å². The van der Waals surface area contributed by atoms with Crippen molar-refractivity contribution in [1.82, 2.24) is 4.90 Å². The molecule has 6 heteroatoms. The monoisotopic (exact) mass is 660 g/mol. The van der Waals surface area contributed by atoms with Crippen LogP contribution >= 0.6 is 0 Å². The van der Waals surface area contributed by atoms with Gasteiger partial charge in [-0.2, -0.15) is 0 Å². The molecule has 0 fully saturated rings. The molecule has 0 saturated carbocycles. The van der Waals surface area contributed by atoms with Gasteiger partial charge in [-0.25, -0.2) is 4.79 Å². The van der Waals surface area contributed by atoms with Gasteiger partial charge in [0.1, 0.15) is 24.0 Å². The molecule has 4 aromatic rings. The summed E-state index contributed by atoms with van der Waals surface area (Å²) in [5.74, 6) is 1.93. The number of hydrogen-bond donors (Lipinski definition) is 0. The summed E-state index contributed by atoms with van der Waals surface area (Å²) < 4.78 is 17.6. The molecule has 1 aliphatic rings. The minimum atomic E-state index is -0.391. The molecule has 0 bridgehead atoms. The summed E-state index contributed by atoms with van der Waals surface area (Å²) in [5.41, 5.74) is 5.59. The zero-order chi connectivity index (χ0) is 34.1. The average Bonchev–Trinajstić information content (AvgIpc) is 3.14. The van der Waals surface area contributed by atoms with Crippen LogP contribution in [0.5, 0.6) is 17.2 Å². The number of benzene rings is 4. The standard InChI is InChI=1S/C43H52N2O4/c1-3-5-7-9-10-12-28-45-32-38-30-39(22-27-42(38)48-33-45)44-31-34-14-23-41(24-15-34)49-43(46)37-18-16-35(17-19-37)36-20-25-40(26-21-36)47-29-13-11-8-6-4-2/h14-27,30-31H,3-13,28-29,32-33H2,1-2H3. The minimum absolute atomic E-state index is 0.391. The maximum absolute atomic E-state index is 12.9. The van der Waals surface area contributed by atoms with Crippen LogP contribution in [0.1, 0.15) is 106 Å². The fourth-order valence-electron chi connectivity index (χ4n) is 5.99. The maximum atomic E-state index is 12.9. The third-order valence-corrected chi connectivity index (χ3v) is 8.95. The molecule has 6 nitrogen and oxygen atoms in total. The van der Waals surface area contributed by atoms with Crippen molar-refractivity contribution in [2.75, 3.05) is 19.9 Å². The van der Waals surface area contributed by atoms with Gasteiger partial charge >= 0.3 is 5.97 Å². The lowest BCUT2D eigenvalue weighted by atomic mass is 10.0. The van der Waals surface area contributed by atoms with Crippen molar-refractivity contribution in [2.24, 2.45) is 4.99 Å². The Kier molecular flexibility index (Phi) is 14.3. The molecule has 0 spiro atoms. The van der Waals surface area contributed by atoms with E-state index in [1.165, 1.54) is 69.8 Å². The third-order valence-electron chi connectivity index (χ3n) is 8.95. The highest BCUT2D eigenvalue weighted by molar-refractivity contribution is 5.92. The van der Waals surface area contributed by atoms with Gasteiger partial charge < -0.3 is 14.2 Å². The van der Waals surface area contributed by atoms with Crippen LogP contribution in [0.4, 0.5) is 5.69 Å². The van der Waals surface area contributed by atoms with Gasteiger partial charge in [-0.3, -0.25) is 9.89 Å². The molecule has 4 aromatic carbocycles. The number of unbranched alkanes of at least 4 members (excludes halogenated alkanes) is 9. The van der Waals surface area contributed by atoms with Gasteiger partial charge in [-0.1, -0.05) is 95.9 Å². The Hall–Kier alpha value is -4.42. The molecule has 0 N–H and O–H groups in total. The van der Waals surface area contributed by atoms with Gasteiger partial charge in [0.25, 0.3) is 0 Å². The summed E-state index contributed by atoms with van der Waals surface area (Å²) in [6, 6.07) is 29.1. The number of fused-ring (bicyclic) bond motifs is 1. The molecule has 0 atom stereocenters. The molecule has 1 aliphatic heterocycles. The zero-order valence-electron chi connectivity index (χ0n) is 29.4. The van der Waals surface area contributed by atoms with Crippen LogP contribution in [0.2, 0.25) is 0 Å². The van der Waals surface area contributed by atoms with E-state index < -0.39 is 5.97 Å². The van der Waals surface area contributed by atoms with Crippen LogP contribution in [-0.4, -0.2) is 37.0 Å². The van der Waals surface area contributed by atoms with Gasteiger partial charge in [0.05, 0.1) is 17.9 Å². The number of hydrogen-bond acceptors (Lipinski definition) is 6. The first-order valence-corrected chi connectivity index (χ1v) is 18.3. The molecule has 1 heterocycles. The predicted octanol–water partition coefficient (Wildman–Crippen LogP) is 11.2. The third kappa shape index (κ3) is 11.6. The zero-order valence-corrected chi connectivity index (χ0v) is 29.4. The fourth-order valence-corrected chi connectivity index (χ4v) is 5.99. The molecule has 0 aliphatic carbocycles. The molecule has 0 aromatic heterocycles. The highest BCUT2D eigenvalue weighted by Gasteiger charge is 2.17. The quantitative estimate of drug-likeness (QED) is 0.0433. The van der Waals surface area contributed by atoms with E-state index in [4.69, 9.17) is 19.2 Å². The van der Waals surface area contributed by atoms with Gasteiger partial charge in [-0.05, 0) is 96.3 Å². The molecular formula is C43H52N2O4. The van der Waals surface area contributed by atoms with E-state index in [-0.39, 0.29) is 0 Å². The molecule has 0 radical (unpaired) electrons. The molecule has 258 valence electrons. The van der Waals surface area contributed by atoms with Gasteiger partial charge in [0.15, 0.2) is 0 Å². The second-order valence-corrected chi connectivity index (χ2v) is 13.0. The van der Waals surface area contributed by atoms with Crippen LogP contribution in [0.3, 0.4) is 0 Å². The fraction of sp³-hybridized carbons (Fsp3) is 0.395. The van der Waals surface area contributed by atoms with Crippen molar-refractivity contribution in [1.29, 1.82) is 0 Å². The summed E-state index contributed by atoms with van der Waals surface area (Å²) in [5, 5.41) is 0. The van der Waals surface area contributed by atoms with E-state index in [1.807, 2.05) is 54.7 Å². The summed E-state index contributed by atoms with van der Waals surface area (Å²) >= 11 is 0. The van der Waals surface area contributed by atoms with E-state index in [9.17, 15) is 4.79 Å². The molecule has 0 amide bonds. The Labute approximate surface area is 293 Å². The number of carbonyl (C=O) groups is 1. The van der Waals surface area contributed by atoms with Crippen LogP contribution in [0, 0.1) is 0 Å². The van der Waals surface area contributed by atoms with Crippen molar-refractivity contribution in [2.45, 2.75) is 91.0 Å². The van der Waals surface area contributed by atoms with Crippen molar-refractivity contribution in [3.05, 3.63) is 108 Å². The van der Waals surface area contributed by atoms with Gasteiger partial charge in [-0.15, -0.1) is 0 Å². The Balaban J connectivity index is 1.07. The maximum Gasteiger partial charge on any atom is 0.343 e. The van der Waals surface area contributed by atoms with Crippen molar-refractivity contribution >= 4 is 17.9 Å². The first-order chi connectivity index (χ1) is 24.1. The summed E-state index contributed by atoms with van der Waals surface area (Å²) in [6.07, 6.45) is 15.7. The lowest BCUT2D eigenvalue weighted by Crippen LogP contribution is -2.32. The minimum Gasteiger partial charge on any atom is -0.494 e. The normalized spacial score (nSPS) is 12.9. The molecule has 5 rings (SSSR count). The number of nitrogens with zero attached hydrogens (tertiary/aromatic N) is 2. The van der Waals surface area contributed by atoms with Crippen molar-refractivity contribution < 1.29 is 19.0 Å². The topological polar surface area (TPSA) is 60.4 Å². The van der Waals surface area contributed by atoms with E-state index in [0.29, 0.717) is 18.0 Å². The lowest BCUT2D eigenvalue weighted by molar-refractivity contribution is 0.0734. The first kappa shape index (κ1) is 35.9. The Morgan fingerprint density at radius 3 is 2.08 bits per heavy atom. The lowest BCUT2D eigenvalue weighted by Gasteiger charge is -2.29. The predicted molar refractivity (Wildman–Crippen MR) is 201 cm³/mol. The van der Waals surface area contributed by atoms with Crippen LogP contribution < -0.4 is 14.2 Å².